The Morgan fingerprint density at radius 3 is 2.42 bits per heavy atom. The molecule has 0 aromatic heterocycles. The second-order valence-electron chi connectivity index (χ2n) is 14.7. The predicted molar refractivity (Wildman–Crippen MR) is 130 cm³/mol. The molecule has 14 atom stereocenters. The fourth-order valence-electron chi connectivity index (χ4n) is 10.8. The number of aliphatic hydroxyl groups excluding tert-OH is 1. The number of carbonyl (C=O) groups is 4. The molecule has 6 heterocycles. The summed E-state index contributed by atoms with van der Waals surface area (Å²) in [4.78, 5) is 54.3. The van der Waals surface area contributed by atoms with Gasteiger partial charge in [-0.1, -0.05) is 6.92 Å². The molecule has 40 heavy (non-hydrogen) atoms. The predicted octanol–water partition coefficient (Wildman–Crippen LogP) is 0.598. The van der Waals surface area contributed by atoms with Gasteiger partial charge in [0.05, 0.1) is 35.6 Å². The standard InChI is InChI=1S/C29H36O11/c1-11-18-19(36-22(11)33)17-20-25(4,23(34)26(17,5)35)6-7-27-10-28-13(24(2,3)37-14(28)9-15(31)38-28)8-12(30)16(27)21(32)29(20,39-18)40-27/h11-14,16-20,30,35H,6-10H2,1-5H3/t11-,12+,13-,14+,16+,17+,18+,19-,20+,25-,26+,27-,28+,29-/m1/s1. The van der Waals surface area contributed by atoms with Crippen LogP contribution in [-0.4, -0.2) is 86.3 Å². The van der Waals surface area contributed by atoms with E-state index in [0.717, 1.165) is 0 Å². The summed E-state index contributed by atoms with van der Waals surface area (Å²) in [5.41, 5.74) is -6.27. The van der Waals surface area contributed by atoms with Gasteiger partial charge in [-0.05, 0) is 47.0 Å². The maximum atomic E-state index is 14.8. The third-order valence-corrected chi connectivity index (χ3v) is 12.3. The van der Waals surface area contributed by atoms with Gasteiger partial charge in [0.25, 0.3) is 0 Å². The van der Waals surface area contributed by atoms with E-state index in [0.29, 0.717) is 0 Å². The van der Waals surface area contributed by atoms with Crippen LogP contribution in [0.15, 0.2) is 0 Å². The lowest BCUT2D eigenvalue weighted by atomic mass is 9.60. The van der Waals surface area contributed by atoms with Crippen LogP contribution in [0.4, 0.5) is 0 Å². The molecule has 11 nitrogen and oxygen atoms in total. The van der Waals surface area contributed by atoms with E-state index in [2.05, 4.69) is 0 Å². The van der Waals surface area contributed by atoms with Crippen molar-refractivity contribution in [2.24, 2.45) is 35.0 Å². The third-order valence-electron chi connectivity index (χ3n) is 12.3. The van der Waals surface area contributed by atoms with Gasteiger partial charge in [-0.25, -0.2) is 0 Å². The molecular formula is C29H36O11. The van der Waals surface area contributed by atoms with Crippen molar-refractivity contribution in [1.29, 1.82) is 0 Å². The van der Waals surface area contributed by atoms with Crippen LogP contribution in [0.25, 0.3) is 0 Å². The molecule has 0 unspecified atom stereocenters. The molecule has 0 aromatic carbocycles. The van der Waals surface area contributed by atoms with E-state index in [1.165, 1.54) is 6.92 Å². The number of aliphatic hydroxyl groups is 2. The number of ketones is 2. The van der Waals surface area contributed by atoms with Crippen LogP contribution in [0.5, 0.6) is 0 Å². The van der Waals surface area contributed by atoms with Crippen LogP contribution < -0.4 is 0 Å². The van der Waals surface area contributed by atoms with Crippen molar-refractivity contribution in [2.45, 2.75) is 119 Å². The Morgan fingerprint density at radius 2 is 1.70 bits per heavy atom. The van der Waals surface area contributed by atoms with Crippen LogP contribution in [0.1, 0.15) is 66.7 Å². The van der Waals surface area contributed by atoms with Crippen LogP contribution in [0.2, 0.25) is 0 Å². The normalized spacial score (nSPS) is 60.6. The molecule has 2 bridgehead atoms. The van der Waals surface area contributed by atoms with Gasteiger partial charge in [0.1, 0.15) is 29.5 Å². The van der Waals surface area contributed by atoms with Crippen molar-refractivity contribution in [2.75, 3.05) is 0 Å². The second-order valence-corrected chi connectivity index (χ2v) is 14.7. The van der Waals surface area contributed by atoms with Gasteiger partial charge >= 0.3 is 11.9 Å². The molecule has 8 rings (SSSR count). The zero-order valence-corrected chi connectivity index (χ0v) is 23.3. The molecule has 2 aliphatic carbocycles. The van der Waals surface area contributed by atoms with E-state index in [-0.39, 0.29) is 38.0 Å². The smallest absolute Gasteiger partial charge is 0.311 e. The molecule has 2 saturated carbocycles. The van der Waals surface area contributed by atoms with Gasteiger partial charge in [-0.3, -0.25) is 19.2 Å². The first-order valence-electron chi connectivity index (χ1n) is 14.5. The zero-order chi connectivity index (χ0) is 28.6. The highest BCUT2D eigenvalue weighted by Crippen LogP contribution is 2.71. The molecule has 8 fully saturated rings. The van der Waals surface area contributed by atoms with Crippen molar-refractivity contribution in [1.82, 2.24) is 0 Å². The molecule has 8 aliphatic rings. The number of esters is 2. The van der Waals surface area contributed by atoms with E-state index >= 15 is 0 Å². The Hall–Kier alpha value is -1.92. The first-order valence-corrected chi connectivity index (χ1v) is 14.5. The van der Waals surface area contributed by atoms with Crippen molar-refractivity contribution in [3.8, 4) is 0 Å². The van der Waals surface area contributed by atoms with E-state index < -0.39 is 105 Å². The quantitative estimate of drug-likeness (QED) is 0.400. The Balaban J connectivity index is 1.33. The SMILES string of the molecule is C[C@H]1C(=O)O[C@H]2[C@H]1O[C@@]13O[C@]4(CC[C@@]5(C)C(=O)[C@@](C)(O)[C@@H]2[C@H]15)C[C@@]12OC(=O)C[C@@H]1OC(C)(C)[C@H]2C[C@H](O)[C@H]4C3=O. The molecule has 0 amide bonds. The minimum atomic E-state index is -1.99. The van der Waals surface area contributed by atoms with Gasteiger partial charge in [0.2, 0.25) is 11.6 Å². The molecule has 6 saturated heterocycles. The average molecular weight is 561 g/mol. The highest BCUT2D eigenvalue weighted by molar-refractivity contribution is 6.00. The summed E-state index contributed by atoms with van der Waals surface area (Å²) >= 11 is 0. The van der Waals surface area contributed by atoms with Crippen molar-refractivity contribution in [3.63, 3.8) is 0 Å². The maximum absolute atomic E-state index is 14.8. The van der Waals surface area contributed by atoms with E-state index in [4.69, 9.17) is 23.7 Å². The highest BCUT2D eigenvalue weighted by Gasteiger charge is 2.85. The van der Waals surface area contributed by atoms with Crippen LogP contribution in [0, 0.1) is 35.0 Å². The number of ether oxygens (including phenoxy) is 5. The number of Topliss-reactive ketones (excluding diaryl/α,β-unsaturated/α-hetero) is 2. The lowest BCUT2D eigenvalue weighted by Gasteiger charge is -2.50. The molecule has 0 radical (unpaired) electrons. The number of carbonyl (C=O) groups excluding carboxylic acids is 4. The minimum Gasteiger partial charge on any atom is -0.459 e. The summed E-state index contributed by atoms with van der Waals surface area (Å²) in [6.45, 7) is 8.62. The first-order chi connectivity index (χ1) is 18.5. The summed E-state index contributed by atoms with van der Waals surface area (Å²) in [5.74, 6) is -7.87. The number of rotatable bonds is 0. The molecule has 3 spiro atoms. The Morgan fingerprint density at radius 1 is 0.975 bits per heavy atom. The maximum Gasteiger partial charge on any atom is 0.311 e. The molecule has 0 aromatic rings. The summed E-state index contributed by atoms with van der Waals surface area (Å²) < 4.78 is 31.7. The molecule has 2 N–H and O–H groups in total. The van der Waals surface area contributed by atoms with Gasteiger partial charge < -0.3 is 33.9 Å². The van der Waals surface area contributed by atoms with Crippen LogP contribution in [-0.2, 0) is 42.9 Å². The zero-order valence-electron chi connectivity index (χ0n) is 23.3. The van der Waals surface area contributed by atoms with E-state index in [1.807, 2.05) is 13.8 Å². The van der Waals surface area contributed by atoms with Crippen molar-refractivity contribution < 1.29 is 53.1 Å². The lowest BCUT2D eigenvalue weighted by molar-refractivity contribution is -0.336. The Kier molecular flexibility index (Phi) is 4.50. The molecule has 11 heteroatoms. The first kappa shape index (κ1) is 25.8. The average Bonchev–Trinajstić information content (AvgIpc) is 3.44. The van der Waals surface area contributed by atoms with Gasteiger partial charge in [-0.15, -0.1) is 0 Å². The molecule has 6 aliphatic heterocycles. The minimum absolute atomic E-state index is 0.0663. The van der Waals surface area contributed by atoms with Gasteiger partial charge in [-0.2, -0.15) is 0 Å². The summed E-state index contributed by atoms with van der Waals surface area (Å²) in [5, 5.41) is 23.5. The van der Waals surface area contributed by atoms with Crippen molar-refractivity contribution in [3.05, 3.63) is 0 Å². The summed E-state index contributed by atoms with van der Waals surface area (Å²) in [7, 11) is 0. The summed E-state index contributed by atoms with van der Waals surface area (Å²) in [6, 6.07) is 0. The van der Waals surface area contributed by atoms with Crippen molar-refractivity contribution >= 4 is 23.5 Å². The van der Waals surface area contributed by atoms with Gasteiger partial charge in [0.15, 0.2) is 5.78 Å². The monoisotopic (exact) mass is 560 g/mol. The fourth-order valence-corrected chi connectivity index (χ4v) is 10.8. The molecule has 218 valence electrons. The fraction of sp³-hybridized carbons (Fsp3) is 0.862. The third kappa shape index (κ3) is 2.55. The number of hydrogen-bond donors (Lipinski definition) is 2. The van der Waals surface area contributed by atoms with Gasteiger partial charge in [0, 0.05) is 29.6 Å². The second kappa shape index (κ2) is 6.99. The number of hydrogen-bond acceptors (Lipinski definition) is 11. The topological polar surface area (TPSA) is 155 Å². The summed E-state index contributed by atoms with van der Waals surface area (Å²) in [6.07, 6.45) is -2.79. The lowest BCUT2D eigenvalue weighted by Crippen LogP contribution is -2.65. The largest absolute Gasteiger partial charge is 0.459 e. The highest BCUT2D eigenvalue weighted by atomic mass is 16.7. The molecular weight excluding hydrogens is 524 g/mol. The Labute approximate surface area is 231 Å². The van der Waals surface area contributed by atoms with Crippen LogP contribution >= 0.6 is 0 Å². The van der Waals surface area contributed by atoms with Crippen LogP contribution in [0.3, 0.4) is 0 Å². The number of fused-ring (bicyclic) bond motifs is 2. The van der Waals surface area contributed by atoms with E-state index in [1.54, 1.807) is 13.8 Å². The Bertz CT molecular complexity index is 1290. The van der Waals surface area contributed by atoms with E-state index in [9.17, 15) is 29.4 Å².